The Hall–Kier alpha value is -1.32. The molecular weight excluding hydrogens is 272 g/mol. The molecule has 1 aromatic heterocycles. The summed E-state index contributed by atoms with van der Waals surface area (Å²) in [7, 11) is 0. The van der Waals surface area contributed by atoms with Crippen molar-refractivity contribution in [2.45, 2.75) is 27.2 Å². The molecule has 0 saturated carbocycles. The van der Waals surface area contributed by atoms with Crippen molar-refractivity contribution in [1.29, 1.82) is 0 Å². The molecule has 2 rings (SSSR count). The van der Waals surface area contributed by atoms with E-state index in [0.29, 0.717) is 5.92 Å². The zero-order valence-corrected chi connectivity index (χ0v) is 13.0. The zero-order chi connectivity index (χ0) is 14.5. The molecule has 20 heavy (non-hydrogen) atoms. The van der Waals surface area contributed by atoms with Crippen LogP contribution < -0.4 is 5.32 Å². The lowest BCUT2D eigenvalue weighted by molar-refractivity contribution is 0.483. The normalized spacial score (nSPS) is 11.2. The van der Waals surface area contributed by atoms with Crippen LogP contribution in [0.1, 0.15) is 25.3 Å². The fourth-order valence-corrected chi connectivity index (χ4v) is 2.07. The van der Waals surface area contributed by atoms with E-state index in [4.69, 9.17) is 16.0 Å². The van der Waals surface area contributed by atoms with E-state index in [9.17, 15) is 0 Å². The number of benzene rings is 1. The van der Waals surface area contributed by atoms with E-state index in [2.05, 4.69) is 24.1 Å². The van der Waals surface area contributed by atoms with Crippen LogP contribution in [0.4, 0.5) is 0 Å². The highest BCUT2D eigenvalue weighted by molar-refractivity contribution is 6.31. The maximum Gasteiger partial charge on any atom is 0.196 e. The van der Waals surface area contributed by atoms with Crippen LogP contribution in [0.2, 0.25) is 5.02 Å². The summed E-state index contributed by atoms with van der Waals surface area (Å²) in [6.45, 7) is 8.26. The second-order valence-corrected chi connectivity index (χ2v) is 5.84. The molecule has 0 atom stereocenters. The molecular formula is C16H21ClN2O. The summed E-state index contributed by atoms with van der Waals surface area (Å²) < 4.78 is 5.76. The maximum atomic E-state index is 6.13. The van der Waals surface area contributed by atoms with E-state index in [0.717, 1.165) is 47.3 Å². The first-order valence-electron chi connectivity index (χ1n) is 6.98. The lowest BCUT2D eigenvalue weighted by Crippen LogP contribution is -2.22. The fraction of sp³-hybridized carbons (Fsp3) is 0.438. The minimum absolute atomic E-state index is 0.657. The Morgan fingerprint density at radius 3 is 2.85 bits per heavy atom. The smallest absolute Gasteiger partial charge is 0.196 e. The van der Waals surface area contributed by atoms with Crippen LogP contribution >= 0.6 is 11.6 Å². The summed E-state index contributed by atoms with van der Waals surface area (Å²) in [5.41, 5.74) is 2.03. The van der Waals surface area contributed by atoms with Gasteiger partial charge in [0.15, 0.2) is 11.7 Å². The van der Waals surface area contributed by atoms with Crippen molar-refractivity contribution in [3.8, 4) is 11.3 Å². The SMILES string of the molecule is Cc1ccc(-c2cnc(CCNCC(C)C)o2)cc1Cl. The van der Waals surface area contributed by atoms with Gasteiger partial charge in [-0.25, -0.2) is 4.98 Å². The standard InChI is InChI=1S/C16H21ClN2O/c1-11(2)9-18-7-6-16-19-10-15(20-16)13-5-4-12(3)14(17)8-13/h4-5,8,10-11,18H,6-7,9H2,1-3H3. The average Bonchev–Trinajstić information content (AvgIpc) is 2.86. The van der Waals surface area contributed by atoms with Crippen molar-refractivity contribution in [2.75, 3.05) is 13.1 Å². The Bertz CT molecular complexity index is 563. The van der Waals surface area contributed by atoms with Gasteiger partial charge >= 0.3 is 0 Å². The Balaban J connectivity index is 1.96. The first-order chi connectivity index (χ1) is 9.56. The molecule has 1 N–H and O–H groups in total. The second-order valence-electron chi connectivity index (χ2n) is 5.43. The third-order valence-corrected chi connectivity index (χ3v) is 3.49. The van der Waals surface area contributed by atoms with E-state index in [-0.39, 0.29) is 0 Å². The molecule has 0 amide bonds. The van der Waals surface area contributed by atoms with Gasteiger partial charge in [0.1, 0.15) is 0 Å². The van der Waals surface area contributed by atoms with Gasteiger partial charge in [-0.05, 0) is 31.0 Å². The molecule has 1 heterocycles. The van der Waals surface area contributed by atoms with Gasteiger partial charge < -0.3 is 9.73 Å². The molecule has 3 nitrogen and oxygen atoms in total. The van der Waals surface area contributed by atoms with Gasteiger partial charge in [-0.3, -0.25) is 0 Å². The lowest BCUT2D eigenvalue weighted by Gasteiger charge is -2.05. The largest absolute Gasteiger partial charge is 0.441 e. The predicted molar refractivity (Wildman–Crippen MR) is 83.1 cm³/mol. The summed E-state index contributed by atoms with van der Waals surface area (Å²) in [5.74, 6) is 2.18. The zero-order valence-electron chi connectivity index (χ0n) is 12.2. The topological polar surface area (TPSA) is 38.1 Å². The summed E-state index contributed by atoms with van der Waals surface area (Å²) in [4.78, 5) is 4.31. The summed E-state index contributed by atoms with van der Waals surface area (Å²) in [6.07, 6.45) is 2.56. The van der Waals surface area contributed by atoms with Crippen LogP contribution in [0.5, 0.6) is 0 Å². The number of nitrogens with one attached hydrogen (secondary N) is 1. The molecule has 0 bridgehead atoms. The minimum Gasteiger partial charge on any atom is -0.441 e. The fourth-order valence-electron chi connectivity index (χ4n) is 1.89. The van der Waals surface area contributed by atoms with Gasteiger partial charge in [-0.1, -0.05) is 37.6 Å². The van der Waals surface area contributed by atoms with Crippen molar-refractivity contribution in [3.05, 3.63) is 40.9 Å². The monoisotopic (exact) mass is 292 g/mol. The lowest BCUT2D eigenvalue weighted by atomic mass is 10.1. The van der Waals surface area contributed by atoms with Gasteiger partial charge in [0.2, 0.25) is 0 Å². The Morgan fingerprint density at radius 2 is 2.15 bits per heavy atom. The van der Waals surface area contributed by atoms with E-state index in [1.807, 2.05) is 25.1 Å². The van der Waals surface area contributed by atoms with Crippen molar-refractivity contribution >= 4 is 11.6 Å². The number of aromatic nitrogens is 1. The van der Waals surface area contributed by atoms with Crippen molar-refractivity contribution in [1.82, 2.24) is 10.3 Å². The van der Waals surface area contributed by atoms with Crippen molar-refractivity contribution in [2.24, 2.45) is 5.92 Å². The second kappa shape index (κ2) is 6.91. The van der Waals surface area contributed by atoms with E-state index in [1.54, 1.807) is 6.20 Å². The molecule has 0 spiro atoms. The Morgan fingerprint density at radius 1 is 1.35 bits per heavy atom. The van der Waals surface area contributed by atoms with E-state index < -0.39 is 0 Å². The third kappa shape index (κ3) is 4.09. The van der Waals surface area contributed by atoms with Crippen LogP contribution in [0.3, 0.4) is 0 Å². The first kappa shape index (κ1) is 15.1. The van der Waals surface area contributed by atoms with E-state index in [1.165, 1.54) is 0 Å². The van der Waals surface area contributed by atoms with Crippen LogP contribution in [-0.2, 0) is 6.42 Å². The van der Waals surface area contributed by atoms with Gasteiger partial charge in [0.05, 0.1) is 6.20 Å². The molecule has 108 valence electrons. The number of oxazole rings is 1. The number of hydrogen-bond donors (Lipinski definition) is 1. The molecule has 0 radical (unpaired) electrons. The number of rotatable bonds is 6. The highest BCUT2D eigenvalue weighted by atomic mass is 35.5. The van der Waals surface area contributed by atoms with Crippen LogP contribution in [0, 0.1) is 12.8 Å². The van der Waals surface area contributed by atoms with Gasteiger partial charge in [-0.15, -0.1) is 0 Å². The number of aryl methyl sites for hydroxylation is 1. The van der Waals surface area contributed by atoms with Crippen LogP contribution in [0.15, 0.2) is 28.8 Å². The summed E-state index contributed by atoms with van der Waals surface area (Å²) in [6, 6.07) is 5.91. The summed E-state index contributed by atoms with van der Waals surface area (Å²) >= 11 is 6.13. The summed E-state index contributed by atoms with van der Waals surface area (Å²) in [5, 5.41) is 4.13. The molecule has 0 aliphatic heterocycles. The number of nitrogens with zero attached hydrogens (tertiary/aromatic N) is 1. The molecule has 0 aliphatic carbocycles. The average molecular weight is 293 g/mol. The van der Waals surface area contributed by atoms with Gasteiger partial charge in [0.25, 0.3) is 0 Å². The van der Waals surface area contributed by atoms with Gasteiger partial charge in [-0.2, -0.15) is 0 Å². The third-order valence-electron chi connectivity index (χ3n) is 3.08. The predicted octanol–water partition coefficient (Wildman–Crippen LogP) is 4.09. The molecule has 4 heteroatoms. The molecule has 2 aromatic rings. The molecule has 0 unspecified atom stereocenters. The molecule has 0 fully saturated rings. The highest BCUT2D eigenvalue weighted by Gasteiger charge is 2.07. The minimum atomic E-state index is 0.657. The van der Waals surface area contributed by atoms with Crippen LogP contribution in [-0.4, -0.2) is 18.1 Å². The molecule has 1 aromatic carbocycles. The molecule has 0 aliphatic rings. The Kier molecular flexibility index (Phi) is 5.21. The number of hydrogen-bond acceptors (Lipinski definition) is 3. The molecule has 0 saturated heterocycles. The van der Waals surface area contributed by atoms with E-state index >= 15 is 0 Å². The first-order valence-corrected chi connectivity index (χ1v) is 7.36. The quantitative estimate of drug-likeness (QED) is 0.815. The van der Waals surface area contributed by atoms with Crippen molar-refractivity contribution < 1.29 is 4.42 Å². The maximum absolute atomic E-state index is 6.13. The number of halogens is 1. The highest BCUT2D eigenvalue weighted by Crippen LogP contribution is 2.25. The van der Waals surface area contributed by atoms with Crippen LogP contribution in [0.25, 0.3) is 11.3 Å². The Labute approximate surface area is 125 Å². The van der Waals surface area contributed by atoms with Crippen molar-refractivity contribution in [3.63, 3.8) is 0 Å². The van der Waals surface area contributed by atoms with Gasteiger partial charge in [0, 0.05) is 23.6 Å².